The third kappa shape index (κ3) is 6.46. The van der Waals surface area contributed by atoms with Crippen LogP contribution in [0.4, 0.5) is 26.4 Å². The molecule has 5 rings (SSSR count). The molecule has 1 amide bonds. The van der Waals surface area contributed by atoms with Crippen LogP contribution in [0, 0.1) is 11.6 Å². The molecule has 12 nitrogen and oxygen atoms in total. The van der Waals surface area contributed by atoms with E-state index < -0.39 is 28.3 Å². The van der Waals surface area contributed by atoms with E-state index >= 15 is 0 Å². The molecule has 218 valence electrons. The molecule has 4 heterocycles. The summed E-state index contributed by atoms with van der Waals surface area (Å²) in [5.41, 5.74) is 7.19. The number of nitrogen functional groups attached to an aromatic ring is 1. The molecule has 0 spiro atoms. The maximum atomic E-state index is 14.7. The van der Waals surface area contributed by atoms with E-state index in [2.05, 4.69) is 25.3 Å². The van der Waals surface area contributed by atoms with E-state index in [1.807, 2.05) is 4.90 Å². The van der Waals surface area contributed by atoms with Crippen molar-refractivity contribution in [3.05, 3.63) is 53.8 Å². The van der Waals surface area contributed by atoms with Gasteiger partial charge in [-0.2, -0.15) is 19.6 Å². The zero-order valence-electron chi connectivity index (χ0n) is 22.7. The van der Waals surface area contributed by atoms with Gasteiger partial charge in [-0.05, 0) is 18.2 Å². The van der Waals surface area contributed by atoms with E-state index in [9.17, 15) is 17.8 Å². The van der Waals surface area contributed by atoms with Gasteiger partial charge in [0.05, 0.1) is 17.5 Å². The number of furan rings is 1. The van der Waals surface area contributed by atoms with Crippen molar-refractivity contribution in [3.8, 4) is 11.5 Å². The Balaban J connectivity index is 1.16. The lowest BCUT2D eigenvalue weighted by Crippen LogP contribution is -2.48. The van der Waals surface area contributed by atoms with E-state index in [0.29, 0.717) is 62.3 Å². The smallest absolute Gasteiger partial charge is 0.256 e. The number of nitrogens with zero attached hydrogens (tertiary/aromatic N) is 7. The molecular weight excluding hydrogens is 556 g/mol. The van der Waals surface area contributed by atoms with Crippen molar-refractivity contribution in [1.82, 2.24) is 29.4 Å². The molecule has 41 heavy (non-hydrogen) atoms. The molecular formula is C26H31F2N9O3S. The first-order valence-electron chi connectivity index (χ1n) is 13.0. The Morgan fingerprint density at radius 1 is 1.17 bits per heavy atom. The second-order valence-corrected chi connectivity index (χ2v) is 11.3. The Bertz CT molecular complexity index is 1560. The first-order chi connectivity index (χ1) is 19.7. The number of nitrogens with one attached hydrogen (secondary N) is 1. The van der Waals surface area contributed by atoms with Crippen molar-refractivity contribution < 1.29 is 22.2 Å². The number of halogens is 2. The van der Waals surface area contributed by atoms with Gasteiger partial charge in [0.15, 0.2) is 11.4 Å². The second-order valence-electron chi connectivity index (χ2n) is 9.73. The zero-order valence-corrected chi connectivity index (χ0v) is 23.5. The number of hydrogen-bond donors (Lipinski definition) is 2. The summed E-state index contributed by atoms with van der Waals surface area (Å²) in [7, 11) is 0.421. The molecule has 1 unspecified atom stereocenters. The molecule has 0 saturated carbocycles. The van der Waals surface area contributed by atoms with Crippen LogP contribution in [-0.2, 0) is 10.8 Å². The van der Waals surface area contributed by atoms with E-state index in [1.165, 1.54) is 28.8 Å². The molecule has 1 saturated heterocycles. The van der Waals surface area contributed by atoms with Crippen LogP contribution in [0.3, 0.4) is 0 Å². The maximum Gasteiger partial charge on any atom is 0.256 e. The van der Waals surface area contributed by atoms with Crippen LogP contribution in [0.25, 0.3) is 17.1 Å². The zero-order chi connectivity index (χ0) is 29.1. The minimum Gasteiger partial charge on any atom is -0.463 e. The molecule has 0 aliphatic carbocycles. The molecule has 3 aromatic heterocycles. The van der Waals surface area contributed by atoms with Crippen LogP contribution in [0.1, 0.15) is 10.4 Å². The van der Waals surface area contributed by atoms with Gasteiger partial charge in [0.25, 0.3) is 5.91 Å². The number of benzene rings is 1. The van der Waals surface area contributed by atoms with Crippen molar-refractivity contribution in [2.75, 3.05) is 80.8 Å². The van der Waals surface area contributed by atoms with Gasteiger partial charge in [0.1, 0.15) is 17.3 Å². The van der Waals surface area contributed by atoms with Gasteiger partial charge < -0.3 is 25.3 Å². The molecule has 3 N–H and O–H groups in total. The molecule has 1 aliphatic rings. The van der Waals surface area contributed by atoms with Crippen molar-refractivity contribution in [2.24, 2.45) is 0 Å². The summed E-state index contributed by atoms with van der Waals surface area (Å²) in [6.45, 7) is 3.72. The average molecular weight is 588 g/mol. The van der Waals surface area contributed by atoms with Gasteiger partial charge in [-0.15, -0.1) is 0 Å². The van der Waals surface area contributed by atoms with E-state index in [-0.39, 0.29) is 29.5 Å². The monoisotopic (exact) mass is 587 g/mol. The number of carbonyl (C=O) groups excluding carboxylic acids is 1. The number of nitrogens with two attached hydrogens (primary N) is 1. The van der Waals surface area contributed by atoms with E-state index in [1.54, 1.807) is 24.5 Å². The number of rotatable bonds is 10. The predicted octanol–water partition coefficient (Wildman–Crippen LogP) is 1.93. The van der Waals surface area contributed by atoms with E-state index in [0.717, 1.165) is 6.07 Å². The number of fused-ring (bicyclic) bond motifs is 1. The van der Waals surface area contributed by atoms with E-state index in [4.69, 9.17) is 10.2 Å². The Hall–Kier alpha value is -4.11. The van der Waals surface area contributed by atoms with Crippen LogP contribution in [0.5, 0.6) is 0 Å². The predicted molar refractivity (Wildman–Crippen MR) is 152 cm³/mol. The fraction of sp³-hybridized carbons (Fsp3) is 0.385. The standard InChI is InChI=1S/C26H31F2N9O3S/c1-34(11-13-41(2)39)24(38)17-14-21(19(28)15-18(17)27)36-9-7-35(8-10-36)6-5-30-26-31-23-16-20(22-4-3-12-40-22)33-37(23)25(29)32-26/h3-4,12,14-16H,5-11,13H2,1-2H3,(H3,29,30,31,32). The number of aromatic nitrogens is 4. The second kappa shape index (κ2) is 12.2. The third-order valence-corrected chi connectivity index (χ3v) is 7.63. The van der Waals surface area contributed by atoms with Crippen molar-refractivity contribution in [2.45, 2.75) is 0 Å². The van der Waals surface area contributed by atoms with Crippen LogP contribution in [-0.4, -0.2) is 104 Å². The minimum absolute atomic E-state index is 0.187. The van der Waals surface area contributed by atoms with Crippen LogP contribution < -0.4 is 16.0 Å². The SMILES string of the molecule is CN(CCS(C)=O)C(=O)c1cc(N2CCN(CCNc3nc(N)n4nc(-c5ccco5)cc4n3)CC2)c(F)cc1F. The lowest BCUT2D eigenvalue weighted by atomic mass is 10.1. The van der Waals surface area contributed by atoms with Gasteiger partial charge >= 0.3 is 0 Å². The highest BCUT2D eigenvalue weighted by Gasteiger charge is 2.24. The number of carbonyl (C=O) groups is 1. The largest absolute Gasteiger partial charge is 0.463 e. The van der Waals surface area contributed by atoms with Gasteiger partial charge in [0.2, 0.25) is 11.9 Å². The van der Waals surface area contributed by atoms with Crippen molar-refractivity contribution in [3.63, 3.8) is 0 Å². The number of piperazine rings is 1. The first kappa shape index (κ1) is 28.4. The molecule has 15 heteroatoms. The van der Waals surface area contributed by atoms with Gasteiger partial charge in [-0.25, -0.2) is 8.78 Å². The summed E-state index contributed by atoms with van der Waals surface area (Å²) in [5, 5.41) is 7.57. The van der Waals surface area contributed by atoms with Gasteiger partial charge in [-0.1, -0.05) is 0 Å². The summed E-state index contributed by atoms with van der Waals surface area (Å²) in [4.78, 5) is 26.8. The molecule has 1 aromatic carbocycles. The number of hydrogen-bond acceptors (Lipinski definition) is 10. The molecule has 1 fully saturated rings. The summed E-state index contributed by atoms with van der Waals surface area (Å²) < 4.78 is 47.5. The van der Waals surface area contributed by atoms with Crippen LogP contribution >= 0.6 is 0 Å². The fourth-order valence-electron chi connectivity index (χ4n) is 4.59. The Labute approximate surface area is 237 Å². The van der Waals surface area contributed by atoms with Crippen molar-refractivity contribution >= 4 is 39.9 Å². The summed E-state index contributed by atoms with van der Waals surface area (Å²) in [6, 6.07) is 7.36. The van der Waals surface area contributed by atoms with Gasteiger partial charge in [-0.3, -0.25) is 13.9 Å². The normalized spacial score (nSPS) is 14.9. The topological polar surface area (TPSA) is 138 Å². The van der Waals surface area contributed by atoms with Crippen LogP contribution in [0.15, 0.2) is 41.0 Å². The highest BCUT2D eigenvalue weighted by Crippen LogP contribution is 2.26. The summed E-state index contributed by atoms with van der Waals surface area (Å²) in [6.07, 6.45) is 3.10. The van der Waals surface area contributed by atoms with Crippen LogP contribution in [0.2, 0.25) is 0 Å². The first-order valence-corrected chi connectivity index (χ1v) is 14.7. The third-order valence-electron chi connectivity index (χ3n) is 6.87. The number of anilines is 3. The molecule has 0 radical (unpaired) electrons. The minimum atomic E-state index is -1.09. The Morgan fingerprint density at radius 2 is 1.95 bits per heavy atom. The Kier molecular flexibility index (Phi) is 8.44. The highest BCUT2D eigenvalue weighted by molar-refractivity contribution is 7.84. The highest BCUT2D eigenvalue weighted by atomic mass is 32.2. The molecule has 4 aromatic rings. The fourth-order valence-corrected chi connectivity index (χ4v) is 5.12. The maximum absolute atomic E-state index is 14.7. The molecule has 1 aliphatic heterocycles. The lowest BCUT2D eigenvalue weighted by molar-refractivity contribution is 0.0799. The quantitative estimate of drug-likeness (QED) is 0.283. The number of amides is 1. The van der Waals surface area contributed by atoms with Crippen molar-refractivity contribution in [1.29, 1.82) is 0 Å². The lowest BCUT2D eigenvalue weighted by Gasteiger charge is -2.36. The molecule has 0 bridgehead atoms. The Morgan fingerprint density at radius 3 is 2.66 bits per heavy atom. The molecule has 1 atom stereocenters. The van der Waals surface area contributed by atoms with Gasteiger partial charge in [0, 0.05) is 87.8 Å². The summed E-state index contributed by atoms with van der Waals surface area (Å²) in [5.74, 6) is -0.765. The summed E-state index contributed by atoms with van der Waals surface area (Å²) >= 11 is 0. The average Bonchev–Trinajstić information content (AvgIpc) is 3.63.